The van der Waals surface area contributed by atoms with Crippen LogP contribution in [0.3, 0.4) is 0 Å². The van der Waals surface area contributed by atoms with Crippen LogP contribution in [0.25, 0.3) is 0 Å². The van der Waals surface area contributed by atoms with Gasteiger partial charge in [-0.3, -0.25) is 10.1 Å². The normalized spacial score (nSPS) is 10.3. The lowest BCUT2D eigenvalue weighted by atomic mass is 10.2. The van der Waals surface area contributed by atoms with E-state index in [-0.39, 0.29) is 5.91 Å². The van der Waals surface area contributed by atoms with Gasteiger partial charge in [-0.25, -0.2) is 4.98 Å². The van der Waals surface area contributed by atoms with Crippen LogP contribution >= 0.6 is 22.9 Å². The number of thiazole rings is 1. The number of anilines is 1. The van der Waals surface area contributed by atoms with Crippen LogP contribution in [0.5, 0.6) is 11.5 Å². The van der Waals surface area contributed by atoms with Crippen molar-refractivity contribution in [2.75, 3.05) is 12.4 Å². The molecule has 0 aliphatic heterocycles. The van der Waals surface area contributed by atoms with Crippen LogP contribution in [0.15, 0.2) is 53.9 Å². The van der Waals surface area contributed by atoms with E-state index in [2.05, 4.69) is 10.3 Å². The zero-order valence-electron chi connectivity index (χ0n) is 13.4. The molecule has 25 heavy (non-hydrogen) atoms. The maximum atomic E-state index is 12.2. The minimum atomic E-state index is -0.220. The fourth-order valence-electron chi connectivity index (χ4n) is 2.03. The van der Waals surface area contributed by atoms with E-state index in [1.165, 1.54) is 11.3 Å². The van der Waals surface area contributed by atoms with E-state index in [9.17, 15) is 4.79 Å². The van der Waals surface area contributed by atoms with Gasteiger partial charge in [-0.05, 0) is 48.5 Å². The number of ether oxygens (including phenoxy) is 2. The topological polar surface area (TPSA) is 60.5 Å². The van der Waals surface area contributed by atoms with Gasteiger partial charge in [0.2, 0.25) is 0 Å². The molecule has 128 valence electrons. The van der Waals surface area contributed by atoms with Gasteiger partial charge in [0.25, 0.3) is 5.91 Å². The van der Waals surface area contributed by atoms with Crippen LogP contribution < -0.4 is 14.8 Å². The van der Waals surface area contributed by atoms with Crippen LogP contribution in [0.1, 0.15) is 16.1 Å². The number of aromatic nitrogens is 1. The van der Waals surface area contributed by atoms with Crippen molar-refractivity contribution in [2.24, 2.45) is 0 Å². The van der Waals surface area contributed by atoms with Crippen molar-refractivity contribution in [1.29, 1.82) is 0 Å². The predicted molar refractivity (Wildman–Crippen MR) is 98.8 cm³/mol. The first kappa shape index (κ1) is 17.3. The van der Waals surface area contributed by atoms with Crippen LogP contribution in [-0.4, -0.2) is 18.0 Å². The molecule has 3 rings (SSSR count). The highest BCUT2D eigenvalue weighted by atomic mass is 35.5. The third-order valence-electron chi connectivity index (χ3n) is 3.32. The summed E-state index contributed by atoms with van der Waals surface area (Å²) in [6, 6.07) is 14.0. The monoisotopic (exact) mass is 374 g/mol. The van der Waals surface area contributed by atoms with Gasteiger partial charge in [-0.2, -0.15) is 0 Å². The van der Waals surface area contributed by atoms with Gasteiger partial charge >= 0.3 is 0 Å². The summed E-state index contributed by atoms with van der Waals surface area (Å²) in [7, 11) is 1.58. The average molecular weight is 375 g/mol. The SMILES string of the molecule is COc1ccc(C(=O)Nc2nc(COc3ccc(Cl)cc3)cs2)cc1. The van der Waals surface area contributed by atoms with Crippen LogP contribution in [0.2, 0.25) is 5.02 Å². The number of rotatable bonds is 6. The number of benzene rings is 2. The third kappa shape index (κ3) is 4.71. The molecule has 0 atom stereocenters. The molecule has 0 saturated carbocycles. The predicted octanol–water partition coefficient (Wildman–Crippen LogP) is 4.64. The molecule has 1 amide bonds. The number of hydrogen-bond donors (Lipinski definition) is 1. The molecule has 2 aromatic carbocycles. The van der Waals surface area contributed by atoms with Crippen molar-refractivity contribution in [3.8, 4) is 11.5 Å². The van der Waals surface area contributed by atoms with Gasteiger partial charge in [-0.1, -0.05) is 11.6 Å². The standard InChI is InChI=1S/C18H15ClN2O3S/c1-23-15-6-2-12(3-7-15)17(22)21-18-20-14(11-25-18)10-24-16-8-4-13(19)5-9-16/h2-9,11H,10H2,1H3,(H,20,21,22). The maximum absolute atomic E-state index is 12.2. The lowest BCUT2D eigenvalue weighted by molar-refractivity contribution is 0.102. The van der Waals surface area contributed by atoms with E-state index in [0.29, 0.717) is 33.8 Å². The molecule has 1 heterocycles. The number of methoxy groups -OCH3 is 1. The molecular formula is C18H15ClN2O3S. The van der Waals surface area contributed by atoms with Crippen molar-refractivity contribution in [3.63, 3.8) is 0 Å². The Hall–Kier alpha value is -2.57. The quantitative estimate of drug-likeness (QED) is 0.683. The van der Waals surface area contributed by atoms with Gasteiger partial charge in [-0.15, -0.1) is 11.3 Å². The molecule has 3 aromatic rings. The van der Waals surface area contributed by atoms with Crippen molar-refractivity contribution in [2.45, 2.75) is 6.61 Å². The number of carbonyl (C=O) groups is 1. The van der Waals surface area contributed by atoms with Crippen LogP contribution in [-0.2, 0) is 6.61 Å². The number of nitrogens with zero attached hydrogens (tertiary/aromatic N) is 1. The molecule has 0 bridgehead atoms. The number of carbonyl (C=O) groups excluding carboxylic acids is 1. The highest BCUT2D eigenvalue weighted by Crippen LogP contribution is 2.20. The van der Waals surface area contributed by atoms with Gasteiger partial charge in [0.15, 0.2) is 5.13 Å². The molecule has 0 fully saturated rings. The fourth-order valence-corrected chi connectivity index (χ4v) is 2.85. The average Bonchev–Trinajstić information content (AvgIpc) is 3.08. The number of amides is 1. The molecule has 5 nitrogen and oxygen atoms in total. The molecule has 0 radical (unpaired) electrons. The molecule has 1 N–H and O–H groups in total. The van der Waals surface area contributed by atoms with Crippen LogP contribution in [0.4, 0.5) is 5.13 Å². The lowest BCUT2D eigenvalue weighted by Gasteiger charge is -2.04. The van der Waals surface area contributed by atoms with Crippen molar-refractivity contribution >= 4 is 34.0 Å². The third-order valence-corrected chi connectivity index (χ3v) is 4.38. The fraction of sp³-hybridized carbons (Fsp3) is 0.111. The first-order chi connectivity index (χ1) is 12.1. The zero-order valence-corrected chi connectivity index (χ0v) is 14.9. The Morgan fingerprint density at radius 1 is 1.12 bits per heavy atom. The van der Waals surface area contributed by atoms with E-state index in [0.717, 1.165) is 5.69 Å². The summed E-state index contributed by atoms with van der Waals surface area (Å²) in [5.41, 5.74) is 1.28. The molecular weight excluding hydrogens is 360 g/mol. The lowest BCUT2D eigenvalue weighted by Crippen LogP contribution is -2.11. The molecule has 0 unspecified atom stereocenters. The summed E-state index contributed by atoms with van der Waals surface area (Å²) >= 11 is 7.18. The van der Waals surface area contributed by atoms with E-state index < -0.39 is 0 Å². The van der Waals surface area contributed by atoms with Crippen LogP contribution in [0, 0.1) is 0 Å². The maximum Gasteiger partial charge on any atom is 0.257 e. The van der Waals surface area contributed by atoms with Gasteiger partial charge in [0, 0.05) is 16.0 Å². The summed E-state index contributed by atoms with van der Waals surface area (Å²) in [6.45, 7) is 0.316. The minimum absolute atomic E-state index is 0.220. The van der Waals surface area contributed by atoms with Gasteiger partial charge < -0.3 is 9.47 Å². The molecule has 0 spiro atoms. The van der Waals surface area contributed by atoms with E-state index in [4.69, 9.17) is 21.1 Å². The molecule has 1 aromatic heterocycles. The molecule has 0 aliphatic rings. The molecule has 0 saturated heterocycles. The van der Waals surface area contributed by atoms with Crippen molar-refractivity contribution < 1.29 is 14.3 Å². The second-order valence-corrected chi connectivity index (χ2v) is 6.36. The second kappa shape index (κ2) is 8.00. The summed E-state index contributed by atoms with van der Waals surface area (Å²) in [5.74, 6) is 1.19. The summed E-state index contributed by atoms with van der Waals surface area (Å²) in [4.78, 5) is 16.6. The Labute approximate surface area is 154 Å². The van der Waals surface area contributed by atoms with Gasteiger partial charge in [0.05, 0.1) is 12.8 Å². The Morgan fingerprint density at radius 3 is 2.48 bits per heavy atom. The van der Waals surface area contributed by atoms with Gasteiger partial charge in [0.1, 0.15) is 18.1 Å². The second-order valence-electron chi connectivity index (χ2n) is 5.07. The Morgan fingerprint density at radius 2 is 1.80 bits per heavy atom. The van der Waals surface area contributed by atoms with E-state index in [1.54, 1.807) is 55.6 Å². The number of halogens is 1. The smallest absolute Gasteiger partial charge is 0.257 e. The summed E-state index contributed by atoms with van der Waals surface area (Å²) in [5, 5.41) is 5.80. The minimum Gasteiger partial charge on any atom is -0.497 e. The zero-order chi connectivity index (χ0) is 17.6. The van der Waals surface area contributed by atoms with Crippen molar-refractivity contribution in [1.82, 2.24) is 4.98 Å². The highest BCUT2D eigenvalue weighted by Gasteiger charge is 2.09. The number of hydrogen-bond acceptors (Lipinski definition) is 5. The van der Waals surface area contributed by atoms with E-state index in [1.807, 2.05) is 5.38 Å². The Kier molecular flexibility index (Phi) is 5.53. The van der Waals surface area contributed by atoms with E-state index >= 15 is 0 Å². The first-order valence-electron chi connectivity index (χ1n) is 7.42. The first-order valence-corrected chi connectivity index (χ1v) is 8.68. The summed E-state index contributed by atoms with van der Waals surface area (Å²) in [6.07, 6.45) is 0. The largest absolute Gasteiger partial charge is 0.497 e. The highest BCUT2D eigenvalue weighted by molar-refractivity contribution is 7.13. The van der Waals surface area contributed by atoms with Crippen molar-refractivity contribution in [3.05, 3.63) is 70.2 Å². The number of nitrogens with one attached hydrogen (secondary N) is 1. The Balaban J connectivity index is 1.57. The molecule has 0 aliphatic carbocycles. The Bertz CT molecular complexity index is 848. The summed E-state index contributed by atoms with van der Waals surface area (Å²) < 4.78 is 10.7. The molecule has 7 heteroatoms.